The van der Waals surface area contributed by atoms with Gasteiger partial charge in [-0.1, -0.05) is 165 Å². The van der Waals surface area contributed by atoms with E-state index in [0.29, 0.717) is 0 Å². The highest BCUT2D eigenvalue weighted by Crippen LogP contribution is 2.53. The molecular formula is C52H39NO. The summed E-state index contributed by atoms with van der Waals surface area (Å²) in [4.78, 5) is 2.38. The Bertz CT molecular complexity index is 2570. The van der Waals surface area contributed by atoms with Crippen LogP contribution in [0, 0.1) is 0 Å². The van der Waals surface area contributed by atoms with Crippen LogP contribution in [-0.4, -0.2) is 0 Å². The van der Waals surface area contributed by atoms with Crippen LogP contribution in [0.15, 0.2) is 206 Å². The Morgan fingerprint density at radius 3 is 1.30 bits per heavy atom. The highest BCUT2D eigenvalue weighted by molar-refractivity contribution is 5.95. The summed E-state index contributed by atoms with van der Waals surface area (Å²) >= 11 is 0. The fourth-order valence-corrected chi connectivity index (χ4v) is 8.08. The minimum Gasteiger partial charge on any atom is -0.457 e. The van der Waals surface area contributed by atoms with Crippen molar-refractivity contribution in [1.29, 1.82) is 0 Å². The van der Waals surface area contributed by atoms with Crippen molar-refractivity contribution in [3.63, 3.8) is 0 Å². The van der Waals surface area contributed by atoms with Gasteiger partial charge in [0.1, 0.15) is 11.5 Å². The van der Waals surface area contributed by atoms with Gasteiger partial charge in [-0.2, -0.15) is 0 Å². The lowest BCUT2D eigenvalue weighted by atomic mass is 9.78. The normalized spacial score (nSPS) is 12.0. The molecule has 0 spiro atoms. The van der Waals surface area contributed by atoms with E-state index in [0.717, 1.165) is 28.6 Å². The van der Waals surface area contributed by atoms with Gasteiger partial charge in [-0.15, -0.1) is 0 Å². The van der Waals surface area contributed by atoms with Gasteiger partial charge in [0.25, 0.3) is 0 Å². The standard InChI is InChI=1S/C51H35NO.CH4/c1-3-12-35(13-4-1)37-22-28-42(29-23-37)52(43-30-24-38(25-31-43)36-14-5-2-6-15-36)44-19-11-18-41(34-44)49-50-45-20-9-7-16-39(45)26-32-47(50)53-48-33-27-40-17-8-10-21-46(40)51(48)49;/h1-34,49H;1H4. The second kappa shape index (κ2) is 13.9. The van der Waals surface area contributed by atoms with Crippen molar-refractivity contribution in [2.45, 2.75) is 13.3 Å². The maximum absolute atomic E-state index is 6.75. The van der Waals surface area contributed by atoms with E-state index in [4.69, 9.17) is 4.74 Å². The first-order chi connectivity index (χ1) is 26.3. The molecule has 0 aromatic heterocycles. The summed E-state index contributed by atoms with van der Waals surface area (Å²) in [5, 5.41) is 4.84. The van der Waals surface area contributed by atoms with Crippen LogP contribution >= 0.6 is 0 Å². The van der Waals surface area contributed by atoms with Crippen LogP contribution in [0.3, 0.4) is 0 Å². The molecular weight excluding hydrogens is 655 g/mol. The topological polar surface area (TPSA) is 12.5 Å². The van der Waals surface area contributed by atoms with E-state index in [1.807, 2.05) is 0 Å². The van der Waals surface area contributed by atoms with Crippen LogP contribution in [0.5, 0.6) is 11.5 Å². The van der Waals surface area contributed by atoms with E-state index in [1.165, 1.54) is 60.5 Å². The molecule has 0 unspecified atom stereocenters. The second-order valence-electron chi connectivity index (χ2n) is 13.7. The van der Waals surface area contributed by atoms with Gasteiger partial charge in [0.15, 0.2) is 0 Å². The quantitative estimate of drug-likeness (QED) is 0.172. The summed E-state index contributed by atoms with van der Waals surface area (Å²) < 4.78 is 6.75. The van der Waals surface area contributed by atoms with Crippen molar-refractivity contribution in [1.82, 2.24) is 0 Å². The van der Waals surface area contributed by atoms with Crippen molar-refractivity contribution in [3.05, 3.63) is 223 Å². The lowest BCUT2D eigenvalue weighted by Crippen LogP contribution is -2.14. The molecule has 0 N–H and O–H groups in total. The molecule has 1 heterocycles. The third-order valence-electron chi connectivity index (χ3n) is 10.6. The van der Waals surface area contributed by atoms with E-state index >= 15 is 0 Å². The predicted molar refractivity (Wildman–Crippen MR) is 228 cm³/mol. The number of hydrogen-bond donors (Lipinski definition) is 0. The monoisotopic (exact) mass is 693 g/mol. The van der Waals surface area contributed by atoms with E-state index in [1.54, 1.807) is 0 Å². The number of benzene rings is 9. The van der Waals surface area contributed by atoms with Gasteiger partial charge in [0.2, 0.25) is 0 Å². The van der Waals surface area contributed by atoms with E-state index < -0.39 is 0 Å². The van der Waals surface area contributed by atoms with Gasteiger partial charge in [-0.3, -0.25) is 0 Å². The second-order valence-corrected chi connectivity index (χ2v) is 13.7. The Kier molecular flexibility index (Phi) is 8.49. The van der Waals surface area contributed by atoms with Crippen LogP contribution < -0.4 is 9.64 Å². The Labute approximate surface area is 317 Å². The van der Waals surface area contributed by atoms with Crippen LogP contribution in [-0.2, 0) is 0 Å². The van der Waals surface area contributed by atoms with Crippen molar-refractivity contribution in [3.8, 4) is 33.8 Å². The lowest BCUT2D eigenvalue weighted by Gasteiger charge is -2.32. The molecule has 0 atom stereocenters. The van der Waals surface area contributed by atoms with Crippen molar-refractivity contribution in [2.75, 3.05) is 4.90 Å². The summed E-state index contributed by atoms with van der Waals surface area (Å²) in [5.41, 5.74) is 11.7. The molecule has 0 fully saturated rings. The molecule has 0 amide bonds. The largest absolute Gasteiger partial charge is 0.457 e. The molecule has 2 nitrogen and oxygen atoms in total. The zero-order valence-electron chi connectivity index (χ0n) is 29.1. The molecule has 9 aromatic carbocycles. The number of rotatable bonds is 6. The van der Waals surface area contributed by atoms with Crippen molar-refractivity contribution in [2.24, 2.45) is 0 Å². The number of nitrogens with zero attached hydrogens (tertiary/aromatic N) is 1. The van der Waals surface area contributed by atoms with E-state index in [2.05, 4.69) is 211 Å². The summed E-state index contributed by atoms with van der Waals surface area (Å²) in [6, 6.07) is 74.1. The molecule has 0 aliphatic carbocycles. The molecule has 0 saturated heterocycles. The number of fused-ring (bicyclic) bond motifs is 6. The summed E-state index contributed by atoms with van der Waals surface area (Å²) in [5.74, 6) is 1.77. The maximum Gasteiger partial charge on any atom is 0.132 e. The molecule has 10 rings (SSSR count). The molecule has 1 aliphatic rings. The van der Waals surface area contributed by atoms with Crippen LogP contribution in [0.4, 0.5) is 17.1 Å². The summed E-state index contributed by atoms with van der Waals surface area (Å²) in [7, 11) is 0. The Balaban J connectivity index is 0.00000384. The van der Waals surface area contributed by atoms with E-state index in [-0.39, 0.29) is 13.3 Å². The number of ether oxygens (including phenoxy) is 1. The zero-order valence-corrected chi connectivity index (χ0v) is 29.1. The van der Waals surface area contributed by atoms with Crippen molar-refractivity contribution >= 4 is 38.6 Å². The lowest BCUT2D eigenvalue weighted by molar-refractivity contribution is 0.456. The Morgan fingerprint density at radius 1 is 0.352 bits per heavy atom. The van der Waals surface area contributed by atoms with Crippen LogP contribution in [0.2, 0.25) is 0 Å². The molecule has 9 aromatic rings. The smallest absolute Gasteiger partial charge is 0.132 e. The van der Waals surface area contributed by atoms with Crippen LogP contribution in [0.25, 0.3) is 43.8 Å². The summed E-state index contributed by atoms with van der Waals surface area (Å²) in [6.07, 6.45) is 0. The fraction of sp³-hybridized carbons (Fsp3) is 0.0385. The Morgan fingerprint density at radius 2 is 0.796 bits per heavy atom. The molecule has 0 radical (unpaired) electrons. The van der Waals surface area contributed by atoms with Gasteiger partial charge in [-0.25, -0.2) is 0 Å². The molecule has 2 heteroatoms. The average molecular weight is 694 g/mol. The first-order valence-corrected chi connectivity index (χ1v) is 18.2. The van der Waals surface area contributed by atoms with E-state index in [9.17, 15) is 0 Å². The minimum atomic E-state index is -0.0475. The number of hydrogen-bond acceptors (Lipinski definition) is 2. The fourth-order valence-electron chi connectivity index (χ4n) is 8.08. The first kappa shape index (κ1) is 33.0. The molecule has 54 heavy (non-hydrogen) atoms. The first-order valence-electron chi connectivity index (χ1n) is 18.2. The molecule has 0 bridgehead atoms. The minimum absolute atomic E-state index is 0. The zero-order chi connectivity index (χ0) is 35.1. The van der Waals surface area contributed by atoms with Crippen molar-refractivity contribution < 1.29 is 4.74 Å². The predicted octanol–water partition coefficient (Wildman–Crippen LogP) is 14.7. The van der Waals surface area contributed by atoms with Gasteiger partial charge in [0, 0.05) is 34.1 Å². The maximum atomic E-state index is 6.75. The number of anilines is 3. The van der Waals surface area contributed by atoms with Gasteiger partial charge in [0.05, 0.1) is 0 Å². The molecule has 258 valence electrons. The summed E-state index contributed by atoms with van der Waals surface area (Å²) in [6.45, 7) is 0. The third kappa shape index (κ3) is 5.79. The average Bonchev–Trinajstić information content (AvgIpc) is 3.24. The third-order valence-corrected chi connectivity index (χ3v) is 10.6. The molecule has 0 saturated carbocycles. The van der Waals surface area contributed by atoms with Gasteiger partial charge >= 0.3 is 0 Å². The molecule has 1 aliphatic heterocycles. The highest BCUT2D eigenvalue weighted by atomic mass is 16.5. The Hall–Kier alpha value is -6.90. The van der Waals surface area contributed by atoms with Gasteiger partial charge < -0.3 is 9.64 Å². The van der Waals surface area contributed by atoms with Gasteiger partial charge in [-0.05, 0) is 97.9 Å². The van der Waals surface area contributed by atoms with Crippen LogP contribution in [0.1, 0.15) is 30.0 Å². The highest BCUT2D eigenvalue weighted by Gasteiger charge is 2.32. The SMILES string of the molecule is C.c1ccc(-c2ccc(N(c3ccc(-c4ccccc4)cc3)c3cccc(C4c5c(ccc6ccccc56)Oc5ccc6ccccc6c54)c3)cc2)cc1.